The highest BCUT2D eigenvalue weighted by Crippen LogP contribution is 2.31. The summed E-state index contributed by atoms with van der Waals surface area (Å²) in [7, 11) is -2.29. The number of hydrogen-bond acceptors (Lipinski definition) is 6. The molecule has 0 heterocycles. The minimum atomic E-state index is -3.86. The van der Waals surface area contributed by atoms with E-state index in [4.69, 9.17) is 4.74 Å². The summed E-state index contributed by atoms with van der Waals surface area (Å²) in [5.74, 6) is -0.589. The molecule has 2 rings (SSSR count). The van der Waals surface area contributed by atoms with Crippen molar-refractivity contribution in [2.24, 2.45) is 0 Å². The first-order valence-electron chi connectivity index (χ1n) is 8.95. The molecule has 0 radical (unpaired) electrons. The van der Waals surface area contributed by atoms with Crippen molar-refractivity contribution in [2.45, 2.75) is 18.7 Å². The topological polar surface area (TPSA) is 110 Å². The molecule has 9 nitrogen and oxygen atoms in total. The molecule has 0 N–H and O–H groups in total. The molecule has 1 amide bonds. The number of hydrogen-bond donors (Lipinski definition) is 0. The van der Waals surface area contributed by atoms with Crippen LogP contribution in [-0.2, 0) is 14.8 Å². The van der Waals surface area contributed by atoms with Crippen LogP contribution >= 0.6 is 0 Å². The third kappa shape index (κ3) is 5.09. The first-order chi connectivity index (χ1) is 13.7. The third-order valence-electron chi connectivity index (χ3n) is 4.34. The van der Waals surface area contributed by atoms with Gasteiger partial charge in [-0.2, -0.15) is 4.31 Å². The fraction of sp³-hybridized carbons (Fsp3) is 0.316. The Labute approximate surface area is 169 Å². The van der Waals surface area contributed by atoms with Crippen molar-refractivity contribution in [2.75, 3.05) is 31.6 Å². The number of carbonyl (C=O) groups excluding carboxylic acids is 1. The number of para-hydroxylation sites is 1. The van der Waals surface area contributed by atoms with Gasteiger partial charge in [0.25, 0.3) is 5.91 Å². The predicted octanol–water partition coefficient (Wildman–Crippen LogP) is 2.67. The van der Waals surface area contributed by atoms with Gasteiger partial charge in [-0.1, -0.05) is 32.0 Å². The predicted molar refractivity (Wildman–Crippen MR) is 109 cm³/mol. The van der Waals surface area contributed by atoms with Gasteiger partial charge in [0.1, 0.15) is 0 Å². The normalized spacial score (nSPS) is 11.3. The zero-order valence-electron chi connectivity index (χ0n) is 16.4. The Morgan fingerprint density at radius 3 is 2.28 bits per heavy atom. The lowest BCUT2D eigenvalue weighted by Crippen LogP contribution is -2.31. The Kier molecular flexibility index (Phi) is 7.29. The summed E-state index contributed by atoms with van der Waals surface area (Å²) in [4.78, 5) is 24.2. The molecule has 0 spiro atoms. The number of carbonyl (C=O) groups is 1. The molecule has 29 heavy (non-hydrogen) atoms. The quantitative estimate of drug-likeness (QED) is 0.455. The minimum absolute atomic E-state index is 0.177. The van der Waals surface area contributed by atoms with E-state index in [0.29, 0.717) is 5.69 Å². The van der Waals surface area contributed by atoms with Gasteiger partial charge in [0.05, 0.1) is 9.82 Å². The number of rotatable bonds is 9. The van der Waals surface area contributed by atoms with Gasteiger partial charge in [-0.25, -0.2) is 8.42 Å². The van der Waals surface area contributed by atoms with Crippen LogP contribution in [0.3, 0.4) is 0 Å². The van der Waals surface area contributed by atoms with Crippen LogP contribution in [0.4, 0.5) is 11.4 Å². The smallest absolute Gasteiger partial charge is 0.312 e. The molecule has 0 unspecified atom stereocenters. The Morgan fingerprint density at radius 2 is 1.72 bits per heavy atom. The van der Waals surface area contributed by atoms with Gasteiger partial charge in [0, 0.05) is 31.9 Å². The van der Waals surface area contributed by atoms with E-state index in [9.17, 15) is 23.3 Å². The molecule has 0 aliphatic heterocycles. The van der Waals surface area contributed by atoms with Crippen molar-refractivity contribution in [3.8, 4) is 5.75 Å². The maximum atomic E-state index is 12.6. The summed E-state index contributed by atoms with van der Waals surface area (Å²) in [5, 5.41) is 11.4. The van der Waals surface area contributed by atoms with E-state index in [2.05, 4.69) is 0 Å². The molecular weight excluding hydrogens is 398 g/mol. The molecule has 0 bridgehead atoms. The highest BCUT2D eigenvalue weighted by atomic mass is 32.2. The van der Waals surface area contributed by atoms with E-state index in [1.54, 1.807) is 45.2 Å². The average molecular weight is 421 g/mol. The molecule has 0 saturated heterocycles. The SMILES string of the molecule is CCN(CC)S(=O)(=O)c1ccc(OCC(=O)N(C)c2ccccc2)c([N+](=O)[O-])c1. The summed E-state index contributed by atoms with van der Waals surface area (Å²) in [6, 6.07) is 12.2. The third-order valence-corrected chi connectivity index (χ3v) is 6.38. The minimum Gasteiger partial charge on any atom is -0.477 e. The number of anilines is 1. The van der Waals surface area contributed by atoms with E-state index >= 15 is 0 Å². The highest BCUT2D eigenvalue weighted by molar-refractivity contribution is 7.89. The second-order valence-corrected chi connectivity index (χ2v) is 7.99. The maximum Gasteiger partial charge on any atom is 0.312 e. The van der Waals surface area contributed by atoms with Gasteiger partial charge in [0.2, 0.25) is 10.0 Å². The van der Waals surface area contributed by atoms with Crippen molar-refractivity contribution in [3.05, 3.63) is 58.6 Å². The monoisotopic (exact) mass is 421 g/mol. The molecule has 2 aromatic carbocycles. The molecule has 0 fully saturated rings. The Hall–Kier alpha value is -2.98. The van der Waals surface area contributed by atoms with Crippen molar-refractivity contribution in [3.63, 3.8) is 0 Å². The fourth-order valence-corrected chi connectivity index (χ4v) is 4.15. The van der Waals surface area contributed by atoms with Gasteiger partial charge >= 0.3 is 5.69 Å². The number of amides is 1. The zero-order valence-corrected chi connectivity index (χ0v) is 17.3. The first-order valence-corrected chi connectivity index (χ1v) is 10.4. The molecule has 2 aromatic rings. The van der Waals surface area contributed by atoms with Gasteiger partial charge < -0.3 is 9.64 Å². The van der Waals surface area contributed by atoms with Crippen LogP contribution in [0.15, 0.2) is 53.4 Å². The van der Waals surface area contributed by atoms with Gasteiger partial charge in [0.15, 0.2) is 12.4 Å². The second-order valence-electron chi connectivity index (χ2n) is 6.05. The summed E-state index contributed by atoms with van der Waals surface area (Å²) in [6.07, 6.45) is 0. The lowest BCUT2D eigenvalue weighted by molar-refractivity contribution is -0.386. The number of nitrogens with zero attached hydrogens (tertiary/aromatic N) is 3. The lowest BCUT2D eigenvalue weighted by Gasteiger charge is -2.19. The van der Waals surface area contributed by atoms with Crippen molar-refractivity contribution in [1.82, 2.24) is 4.31 Å². The van der Waals surface area contributed by atoms with E-state index in [0.717, 1.165) is 6.07 Å². The van der Waals surface area contributed by atoms with E-state index in [1.165, 1.54) is 21.3 Å². The standard InChI is InChI=1S/C19H23N3O6S/c1-4-21(5-2)29(26,27)16-11-12-18(17(13-16)22(24)25)28-14-19(23)20(3)15-9-7-6-8-10-15/h6-13H,4-5,14H2,1-3H3. The molecule has 0 atom stereocenters. The summed E-state index contributed by atoms with van der Waals surface area (Å²) in [5.41, 5.74) is 0.129. The van der Waals surface area contributed by atoms with Crippen LogP contribution in [0.1, 0.15) is 13.8 Å². The van der Waals surface area contributed by atoms with Crippen molar-refractivity contribution in [1.29, 1.82) is 0 Å². The zero-order chi connectivity index (χ0) is 21.6. The Morgan fingerprint density at radius 1 is 1.10 bits per heavy atom. The van der Waals surface area contributed by atoms with Crippen LogP contribution in [0, 0.1) is 10.1 Å². The van der Waals surface area contributed by atoms with Gasteiger partial charge in [-0.3, -0.25) is 14.9 Å². The number of nitro groups is 1. The number of sulfonamides is 1. The fourth-order valence-electron chi connectivity index (χ4n) is 2.67. The van der Waals surface area contributed by atoms with E-state index in [1.807, 2.05) is 6.07 Å². The number of nitro benzene ring substituents is 1. The molecular formula is C19H23N3O6S. The molecule has 10 heteroatoms. The Balaban J connectivity index is 2.23. The lowest BCUT2D eigenvalue weighted by atomic mass is 10.3. The van der Waals surface area contributed by atoms with Crippen molar-refractivity contribution >= 4 is 27.3 Å². The second kappa shape index (κ2) is 9.48. The molecule has 0 saturated carbocycles. The number of likely N-dealkylation sites (N-methyl/N-ethyl adjacent to an activating group) is 1. The summed E-state index contributed by atoms with van der Waals surface area (Å²) in [6.45, 7) is 3.41. The van der Waals surface area contributed by atoms with E-state index in [-0.39, 0.29) is 23.7 Å². The molecule has 0 aliphatic carbocycles. The van der Waals surface area contributed by atoms with Crippen LogP contribution in [0.2, 0.25) is 0 Å². The first kappa shape index (κ1) is 22.3. The summed E-state index contributed by atoms with van der Waals surface area (Å²) >= 11 is 0. The highest BCUT2D eigenvalue weighted by Gasteiger charge is 2.26. The Bertz CT molecular complexity index is 975. The van der Waals surface area contributed by atoms with Crippen LogP contribution in [0.5, 0.6) is 5.75 Å². The van der Waals surface area contributed by atoms with Crippen LogP contribution in [0.25, 0.3) is 0 Å². The molecule has 0 aliphatic rings. The van der Waals surface area contributed by atoms with Gasteiger partial charge in [-0.15, -0.1) is 0 Å². The molecule has 0 aromatic heterocycles. The largest absolute Gasteiger partial charge is 0.477 e. The number of ether oxygens (including phenoxy) is 1. The van der Waals surface area contributed by atoms with E-state index < -0.39 is 33.1 Å². The van der Waals surface area contributed by atoms with Crippen LogP contribution in [-0.4, -0.2) is 50.3 Å². The van der Waals surface area contributed by atoms with Crippen molar-refractivity contribution < 1.29 is 22.9 Å². The molecule has 156 valence electrons. The summed E-state index contributed by atoms with van der Waals surface area (Å²) < 4.78 is 31.7. The maximum absolute atomic E-state index is 12.6. The van der Waals surface area contributed by atoms with Crippen LogP contribution < -0.4 is 9.64 Å². The average Bonchev–Trinajstić information content (AvgIpc) is 2.72. The number of benzene rings is 2. The van der Waals surface area contributed by atoms with Gasteiger partial charge in [-0.05, 0) is 24.3 Å².